The van der Waals surface area contributed by atoms with Gasteiger partial charge in [0.2, 0.25) is 0 Å². The van der Waals surface area contributed by atoms with Crippen molar-refractivity contribution < 1.29 is 27.4 Å². The molecule has 3 aromatic rings. The zero-order valence-corrected chi connectivity index (χ0v) is 20.4. The summed E-state index contributed by atoms with van der Waals surface area (Å²) in [5.41, 5.74) is 2.91. The number of anilines is 1. The quantitative estimate of drug-likeness (QED) is 0.451. The first-order valence-corrected chi connectivity index (χ1v) is 11.4. The first-order chi connectivity index (χ1) is 15.7. The van der Waals surface area contributed by atoms with Crippen molar-refractivity contribution in [1.29, 1.82) is 0 Å². The summed E-state index contributed by atoms with van der Waals surface area (Å²) in [5.74, 6) is -0.499. The first kappa shape index (κ1) is 26.2. The maximum absolute atomic E-state index is 13.6. The van der Waals surface area contributed by atoms with Crippen LogP contribution in [0.3, 0.4) is 0 Å². The third-order valence-corrected chi connectivity index (χ3v) is 6.47. The largest absolute Gasteiger partial charge is 0.573 e. The first-order valence-electron chi connectivity index (χ1n) is 10.6. The second-order valence-electron chi connectivity index (χ2n) is 7.90. The third-order valence-electron chi connectivity index (χ3n) is 5.43. The summed E-state index contributed by atoms with van der Waals surface area (Å²) in [7, 11) is 0. The number of carbonyl (C=O) groups excluding carboxylic acids is 1. The maximum Gasteiger partial charge on any atom is 0.573 e. The van der Waals surface area contributed by atoms with Crippen LogP contribution >= 0.6 is 23.7 Å². The van der Waals surface area contributed by atoms with Gasteiger partial charge in [-0.05, 0) is 37.6 Å². The zero-order chi connectivity index (χ0) is 23.6. The van der Waals surface area contributed by atoms with E-state index in [-0.39, 0.29) is 24.1 Å². The molecule has 0 aliphatic carbocycles. The van der Waals surface area contributed by atoms with Crippen LogP contribution in [-0.2, 0) is 4.74 Å². The number of morpholine rings is 1. The van der Waals surface area contributed by atoms with Gasteiger partial charge in [0.05, 0.1) is 23.4 Å². The Labute approximate surface area is 205 Å². The Balaban J connectivity index is 0.00000324. The maximum atomic E-state index is 13.6. The van der Waals surface area contributed by atoms with Crippen molar-refractivity contribution in [3.05, 3.63) is 53.1 Å². The molecule has 184 valence electrons. The highest BCUT2D eigenvalue weighted by atomic mass is 35.5. The Morgan fingerprint density at radius 3 is 2.62 bits per heavy atom. The molecular weight excluding hydrogens is 491 g/mol. The number of fused-ring (bicyclic) bond motifs is 1. The van der Waals surface area contributed by atoms with E-state index in [2.05, 4.69) is 14.6 Å². The predicted octanol–water partition coefficient (Wildman–Crippen LogP) is 5.21. The van der Waals surface area contributed by atoms with Gasteiger partial charge < -0.3 is 9.47 Å². The number of thiazole rings is 1. The standard InChI is InChI=1S/C23H24F3N3O3S.ClH/c1-15-3-4-16(2)18(13-15)21(30)29(8-7-28-9-11-31-12-10-28)22-27-19-6-5-17(14-20(19)33-22)32-23(24,25)26;/h3-6,13-14H,7-12H2,1-2H3;1H. The van der Waals surface area contributed by atoms with Gasteiger partial charge in [-0.25, -0.2) is 4.98 Å². The summed E-state index contributed by atoms with van der Waals surface area (Å²) in [6.45, 7) is 7.70. The monoisotopic (exact) mass is 515 g/mol. The highest BCUT2D eigenvalue weighted by Crippen LogP contribution is 2.34. The number of halogens is 4. The second kappa shape index (κ2) is 10.9. The molecule has 1 fully saturated rings. The van der Waals surface area contributed by atoms with Crippen molar-refractivity contribution in [2.24, 2.45) is 0 Å². The van der Waals surface area contributed by atoms with Gasteiger partial charge in [-0.2, -0.15) is 0 Å². The van der Waals surface area contributed by atoms with Crippen LogP contribution in [0.15, 0.2) is 36.4 Å². The SMILES string of the molecule is Cc1ccc(C)c(C(=O)N(CCN2CCOCC2)c2nc3ccc(OC(F)(F)F)cc3s2)c1.Cl. The summed E-state index contributed by atoms with van der Waals surface area (Å²) in [4.78, 5) is 22.0. The zero-order valence-electron chi connectivity index (χ0n) is 18.7. The molecule has 0 radical (unpaired) electrons. The van der Waals surface area contributed by atoms with Crippen molar-refractivity contribution in [3.63, 3.8) is 0 Å². The molecule has 4 rings (SSSR count). The van der Waals surface area contributed by atoms with Gasteiger partial charge >= 0.3 is 6.36 Å². The smallest absolute Gasteiger partial charge is 0.406 e. The average molecular weight is 516 g/mol. The molecule has 0 N–H and O–H groups in total. The van der Waals surface area contributed by atoms with E-state index >= 15 is 0 Å². The topological polar surface area (TPSA) is 54.9 Å². The molecule has 0 spiro atoms. The van der Waals surface area contributed by atoms with E-state index in [9.17, 15) is 18.0 Å². The van der Waals surface area contributed by atoms with E-state index in [0.29, 0.717) is 47.2 Å². The number of aryl methyl sites for hydroxylation is 2. The number of hydrogen-bond donors (Lipinski definition) is 0. The molecule has 0 bridgehead atoms. The third kappa shape index (κ3) is 6.38. The molecule has 0 saturated carbocycles. The lowest BCUT2D eigenvalue weighted by Crippen LogP contribution is -2.43. The van der Waals surface area contributed by atoms with Crippen molar-refractivity contribution in [2.75, 3.05) is 44.3 Å². The number of carbonyl (C=O) groups is 1. The van der Waals surface area contributed by atoms with Crippen LogP contribution in [0, 0.1) is 13.8 Å². The minimum absolute atomic E-state index is 0. The molecule has 0 atom stereocenters. The van der Waals surface area contributed by atoms with E-state index in [4.69, 9.17) is 4.74 Å². The van der Waals surface area contributed by atoms with Crippen LogP contribution in [-0.4, -0.2) is 61.5 Å². The van der Waals surface area contributed by atoms with Crippen LogP contribution < -0.4 is 9.64 Å². The number of aromatic nitrogens is 1. The molecule has 1 aliphatic heterocycles. The lowest BCUT2D eigenvalue weighted by Gasteiger charge is -2.29. The van der Waals surface area contributed by atoms with Crippen molar-refractivity contribution in [1.82, 2.24) is 9.88 Å². The number of ether oxygens (including phenoxy) is 2. The fraction of sp³-hybridized carbons (Fsp3) is 0.391. The summed E-state index contributed by atoms with van der Waals surface area (Å²) in [5, 5.41) is 0.438. The summed E-state index contributed by atoms with van der Waals surface area (Å²) >= 11 is 1.17. The molecule has 0 unspecified atom stereocenters. The number of nitrogens with zero attached hydrogens (tertiary/aromatic N) is 3. The molecule has 1 aromatic heterocycles. The number of hydrogen-bond acceptors (Lipinski definition) is 6. The molecule has 6 nitrogen and oxygen atoms in total. The molecule has 1 saturated heterocycles. The van der Waals surface area contributed by atoms with Crippen molar-refractivity contribution >= 4 is 45.0 Å². The Morgan fingerprint density at radius 1 is 1.18 bits per heavy atom. The fourth-order valence-corrected chi connectivity index (χ4v) is 4.69. The Bertz CT molecular complexity index is 1150. The van der Waals surface area contributed by atoms with Crippen molar-refractivity contribution in [2.45, 2.75) is 20.2 Å². The summed E-state index contributed by atoms with van der Waals surface area (Å²) in [6.07, 6.45) is -4.77. The molecule has 2 heterocycles. The number of benzene rings is 2. The molecule has 1 aliphatic rings. The van der Waals surface area contributed by atoms with E-state index < -0.39 is 6.36 Å². The van der Waals surface area contributed by atoms with Crippen LogP contribution in [0.4, 0.5) is 18.3 Å². The van der Waals surface area contributed by atoms with Gasteiger partial charge in [-0.15, -0.1) is 25.6 Å². The molecule has 1 amide bonds. The van der Waals surface area contributed by atoms with E-state index in [1.807, 2.05) is 32.0 Å². The molecule has 11 heteroatoms. The number of amides is 1. The van der Waals surface area contributed by atoms with Crippen LogP contribution in [0.2, 0.25) is 0 Å². The van der Waals surface area contributed by atoms with Gasteiger partial charge in [-0.1, -0.05) is 29.0 Å². The average Bonchev–Trinajstić information content (AvgIpc) is 3.18. The van der Waals surface area contributed by atoms with E-state index in [0.717, 1.165) is 24.2 Å². The summed E-state index contributed by atoms with van der Waals surface area (Å²) < 4.78 is 47.8. The van der Waals surface area contributed by atoms with Crippen LogP contribution in [0.5, 0.6) is 5.75 Å². The van der Waals surface area contributed by atoms with Crippen molar-refractivity contribution in [3.8, 4) is 5.75 Å². The normalized spacial score (nSPS) is 14.6. The van der Waals surface area contributed by atoms with Gasteiger partial charge in [0.1, 0.15) is 5.75 Å². The number of rotatable bonds is 6. The Hall–Kier alpha value is -2.40. The van der Waals surface area contributed by atoms with Crippen LogP contribution in [0.25, 0.3) is 10.2 Å². The minimum Gasteiger partial charge on any atom is -0.406 e. The second-order valence-corrected chi connectivity index (χ2v) is 8.91. The molecular formula is C23H25ClF3N3O3S. The van der Waals surface area contributed by atoms with Gasteiger partial charge in [-0.3, -0.25) is 14.6 Å². The number of alkyl halides is 3. The minimum atomic E-state index is -4.77. The van der Waals surface area contributed by atoms with E-state index in [1.165, 1.54) is 29.5 Å². The van der Waals surface area contributed by atoms with E-state index in [1.54, 1.807) is 4.90 Å². The molecule has 34 heavy (non-hydrogen) atoms. The van der Waals surface area contributed by atoms with Gasteiger partial charge in [0.15, 0.2) is 5.13 Å². The van der Waals surface area contributed by atoms with Gasteiger partial charge in [0, 0.05) is 37.8 Å². The van der Waals surface area contributed by atoms with Crippen LogP contribution in [0.1, 0.15) is 21.5 Å². The fourth-order valence-electron chi connectivity index (χ4n) is 3.67. The Kier molecular flexibility index (Phi) is 8.40. The summed E-state index contributed by atoms with van der Waals surface area (Å²) in [6, 6.07) is 9.70. The lowest BCUT2D eigenvalue weighted by molar-refractivity contribution is -0.274. The highest BCUT2D eigenvalue weighted by Gasteiger charge is 2.31. The van der Waals surface area contributed by atoms with Gasteiger partial charge in [0.25, 0.3) is 5.91 Å². The molecule has 2 aromatic carbocycles. The highest BCUT2D eigenvalue weighted by molar-refractivity contribution is 7.22. The lowest BCUT2D eigenvalue weighted by atomic mass is 10.0. The Morgan fingerprint density at radius 2 is 1.91 bits per heavy atom. The predicted molar refractivity (Wildman–Crippen MR) is 128 cm³/mol.